The number of carboxylic acid groups (broad SMARTS) is 1. The second-order valence-electron chi connectivity index (χ2n) is 7.13. The maximum absolute atomic E-state index is 12.8. The fourth-order valence-electron chi connectivity index (χ4n) is 3.71. The van der Waals surface area contributed by atoms with Crippen LogP contribution in [0, 0.1) is 11.3 Å². The molecule has 2 aliphatic rings. The van der Waals surface area contributed by atoms with Crippen molar-refractivity contribution < 1.29 is 14.7 Å². The van der Waals surface area contributed by atoms with Gasteiger partial charge in [-0.2, -0.15) is 0 Å². The molecular weight excluding hydrogens is 399 g/mol. The maximum Gasteiger partial charge on any atom is 0.306 e. The second kappa shape index (κ2) is 8.93. The van der Waals surface area contributed by atoms with Gasteiger partial charge >= 0.3 is 5.97 Å². The van der Waals surface area contributed by atoms with Gasteiger partial charge in [0.25, 0.3) is 5.91 Å². The van der Waals surface area contributed by atoms with Crippen LogP contribution in [-0.2, 0) is 4.79 Å². The number of carbonyl (C=O) groups is 2. The summed E-state index contributed by atoms with van der Waals surface area (Å²) in [5.74, 6) is -1.54. The summed E-state index contributed by atoms with van der Waals surface area (Å²) < 4.78 is 0. The Hall–Kier alpha value is -2.11. The minimum absolute atomic E-state index is 0.232. The van der Waals surface area contributed by atoms with Crippen LogP contribution in [0.15, 0.2) is 41.1 Å². The van der Waals surface area contributed by atoms with Gasteiger partial charge in [-0.1, -0.05) is 35.3 Å². The van der Waals surface area contributed by atoms with E-state index in [-0.39, 0.29) is 27.4 Å². The van der Waals surface area contributed by atoms with Crippen LogP contribution in [0.2, 0.25) is 10.0 Å². The van der Waals surface area contributed by atoms with Gasteiger partial charge < -0.3 is 15.8 Å². The summed E-state index contributed by atoms with van der Waals surface area (Å²) >= 11 is 12.3. The van der Waals surface area contributed by atoms with E-state index in [0.717, 1.165) is 29.7 Å². The van der Waals surface area contributed by atoms with E-state index >= 15 is 0 Å². The van der Waals surface area contributed by atoms with E-state index in [2.05, 4.69) is 5.32 Å². The molecular formula is C21H22Cl2N2O3. The average Bonchev–Trinajstić information content (AvgIpc) is 2.68. The molecule has 0 saturated heterocycles. The first kappa shape index (κ1) is 20.6. The normalized spacial score (nSPS) is 19.8. The van der Waals surface area contributed by atoms with E-state index in [9.17, 15) is 9.59 Å². The van der Waals surface area contributed by atoms with E-state index in [0.29, 0.717) is 37.8 Å². The molecule has 1 unspecified atom stereocenters. The van der Waals surface area contributed by atoms with Crippen molar-refractivity contribution in [2.24, 2.45) is 5.92 Å². The second-order valence-corrected chi connectivity index (χ2v) is 7.94. The molecule has 5 nitrogen and oxygen atoms in total. The molecule has 1 aromatic carbocycles. The average molecular weight is 421 g/mol. The summed E-state index contributed by atoms with van der Waals surface area (Å²) in [7, 11) is 0. The molecule has 0 saturated carbocycles. The fraction of sp³-hybridized carbons (Fsp3) is 0.381. The van der Waals surface area contributed by atoms with Crippen LogP contribution in [0.4, 0.5) is 0 Å². The number of carbonyl (C=O) groups excluding carboxylic acids is 1. The van der Waals surface area contributed by atoms with Crippen molar-refractivity contribution in [1.82, 2.24) is 5.32 Å². The SMILES string of the molecule is N=C(C1=CCC(C(=O)O)CC1)C1=C(NC(=O)c2c(Cl)cccc2Cl)CCCC1. The molecule has 1 atom stereocenters. The van der Waals surface area contributed by atoms with E-state index < -0.39 is 5.97 Å². The molecule has 28 heavy (non-hydrogen) atoms. The largest absolute Gasteiger partial charge is 0.481 e. The number of aliphatic carboxylic acids is 1. The molecule has 0 aliphatic heterocycles. The van der Waals surface area contributed by atoms with Crippen molar-refractivity contribution in [3.8, 4) is 0 Å². The minimum atomic E-state index is -0.789. The van der Waals surface area contributed by atoms with Crippen LogP contribution in [0.5, 0.6) is 0 Å². The topological polar surface area (TPSA) is 90.2 Å². The Morgan fingerprint density at radius 2 is 1.79 bits per heavy atom. The van der Waals surface area contributed by atoms with Gasteiger partial charge in [-0.3, -0.25) is 9.59 Å². The molecule has 0 fully saturated rings. The Labute approximate surface area is 173 Å². The lowest BCUT2D eigenvalue weighted by molar-refractivity contribution is -0.141. The Bertz CT molecular complexity index is 869. The third-order valence-electron chi connectivity index (χ3n) is 5.31. The van der Waals surface area contributed by atoms with Crippen LogP contribution in [0.3, 0.4) is 0 Å². The number of rotatable bonds is 5. The molecule has 0 heterocycles. The van der Waals surface area contributed by atoms with Crippen LogP contribution >= 0.6 is 23.2 Å². The highest BCUT2D eigenvalue weighted by Gasteiger charge is 2.26. The van der Waals surface area contributed by atoms with E-state index in [1.54, 1.807) is 18.2 Å². The zero-order valence-corrected chi connectivity index (χ0v) is 16.9. The smallest absolute Gasteiger partial charge is 0.306 e. The van der Waals surface area contributed by atoms with Crippen molar-refractivity contribution in [3.05, 3.63) is 56.7 Å². The summed E-state index contributed by atoms with van der Waals surface area (Å²) in [6.45, 7) is 0. The lowest BCUT2D eigenvalue weighted by atomic mass is 9.83. The Balaban J connectivity index is 1.83. The number of halogens is 2. The lowest BCUT2D eigenvalue weighted by Crippen LogP contribution is -2.28. The van der Waals surface area contributed by atoms with Crippen LogP contribution < -0.4 is 5.32 Å². The lowest BCUT2D eigenvalue weighted by Gasteiger charge is -2.25. The first-order chi connectivity index (χ1) is 13.4. The van der Waals surface area contributed by atoms with Crippen LogP contribution in [0.1, 0.15) is 55.3 Å². The highest BCUT2D eigenvalue weighted by molar-refractivity contribution is 6.39. The summed E-state index contributed by atoms with van der Waals surface area (Å²) in [5.41, 5.74) is 3.05. The van der Waals surface area contributed by atoms with Gasteiger partial charge in [0.2, 0.25) is 0 Å². The molecule has 3 N–H and O–H groups in total. The molecule has 2 aliphatic carbocycles. The van der Waals surface area contributed by atoms with Gasteiger partial charge in [-0.25, -0.2) is 0 Å². The van der Waals surface area contributed by atoms with Crippen LogP contribution in [0.25, 0.3) is 0 Å². The monoisotopic (exact) mass is 420 g/mol. The molecule has 1 aromatic rings. The minimum Gasteiger partial charge on any atom is -0.481 e. The molecule has 0 aromatic heterocycles. The van der Waals surface area contributed by atoms with Gasteiger partial charge in [0.05, 0.1) is 27.2 Å². The summed E-state index contributed by atoms with van der Waals surface area (Å²) in [6, 6.07) is 4.92. The number of carboxylic acids is 1. The Morgan fingerprint density at radius 3 is 2.39 bits per heavy atom. The number of hydrogen-bond acceptors (Lipinski definition) is 3. The summed E-state index contributed by atoms with van der Waals surface area (Å²) in [4.78, 5) is 23.9. The number of hydrogen-bond donors (Lipinski definition) is 3. The highest BCUT2D eigenvalue weighted by atomic mass is 35.5. The van der Waals surface area contributed by atoms with Gasteiger partial charge in [0, 0.05) is 5.70 Å². The number of nitrogens with one attached hydrogen (secondary N) is 2. The third-order valence-corrected chi connectivity index (χ3v) is 5.94. The van der Waals surface area contributed by atoms with Crippen molar-refractivity contribution in [2.75, 3.05) is 0 Å². The van der Waals surface area contributed by atoms with Gasteiger partial charge in [-0.05, 0) is 68.2 Å². The van der Waals surface area contributed by atoms with E-state index in [4.69, 9.17) is 33.7 Å². The Morgan fingerprint density at radius 1 is 1.11 bits per heavy atom. The quantitative estimate of drug-likeness (QED) is 0.558. The standard InChI is InChI=1S/C21H22Cl2N2O3/c22-15-5-3-6-16(23)18(15)20(26)25-17-7-2-1-4-14(17)19(24)12-8-10-13(11-9-12)21(27)28/h3,5-6,8,13,24H,1-2,4,7,9-11H2,(H,25,26)(H,27,28). The van der Waals surface area contributed by atoms with E-state index in [1.807, 2.05) is 6.08 Å². The number of benzene rings is 1. The zero-order chi connectivity index (χ0) is 20.3. The predicted octanol–water partition coefficient (Wildman–Crippen LogP) is 5.38. The first-order valence-electron chi connectivity index (χ1n) is 9.37. The zero-order valence-electron chi connectivity index (χ0n) is 15.4. The molecule has 3 rings (SSSR count). The van der Waals surface area contributed by atoms with Crippen molar-refractivity contribution in [3.63, 3.8) is 0 Å². The molecule has 0 bridgehead atoms. The van der Waals surface area contributed by atoms with Crippen LogP contribution in [-0.4, -0.2) is 22.7 Å². The first-order valence-corrected chi connectivity index (χ1v) is 10.1. The van der Waals surface area contributed by atoms with Gasteiger partial charge in [0.1, 0.15) is 0 Å². The molecule has 0 radical (unpaired) electrons. The van der Waals surface area contributed by atoms with Crippen molar-refractivity contribution in [1.29, 1.82) is 5.41 Å². The highest BCUT2D eigenvalue weighted by Crippen LogP contribution is 2.32. The number of allylic oxidation sites excluding steroid dienone is 4. The molecule has 0 spiro atoms. The molecule has 7 heteroatoms. The number of amides is 1. The fourth-order valence-corrected chi connectivity index (χ4v) is 4.28. The summed E-state index contributed by atoms with van der Waals surface area (Å²) in [5, 5.41) is 21.3. The third kappa shape index (κ3) is 4.47. The van der Waals surface area contributed by atoms with Gasteiger partial charge in [-0.15, -0.1) is 0 Å². The Kier molecular flexibility index (Phi) is 6.57. The van der Waals surface area contributed by atoms with Crippen molar-refractivity contribution >= 4 is 40.8 Å². The summed E-state index contributed by atoms with van der Waals surface area (Å²) in [6.07, 6.45) is 6.68. The molecule has 148 valence electrons. The predicted molar refractivity (Wildman–Crippen MR) is 110 cm³/mol. The maximum atomic E-state index is 12.8. The van der Waals surface area contributed by atoms with E-state index in [1.165, 1.54) is 0 Å². The molecule has 1 amide bonds. The van der Waals surface area contributed by atoms with Crippen molar-refractivity contribution in [2.45, 2.75) is 44.9 Å². The van der Waals surface area contributed by atoms with Gasteiger partial charge in [0.15, 0.2) is 0 Å².